The van der Waals surface area contributed by atoms with Gasteiger partial charge in [-0.05, 0) is 53.5 Å². The summed E-state index contributed by atoms with van der Waals surface area (Å²) >= 11 is 2.99. The molecule has 100 valence electrons. The van der Waals surface area contributed by atoms with Gasteiger partial charge in [0.15, 0.2) is 0 Å². The van der Waals surface area contributed by atoms with Crippen molar-refractivity contribution in [2.24, 2.45) is 0 Å². The van der Waals surface area contributed by atoms with Gasteiger partial charge in [-0.2, -0.15) is 13.2 Å². The van der Waals surface area contributed by atoms with Crippen LogP contribution in [-0.2, 0) is 11.8 Å². The van der Waals surface area contributed by atoms with Crippen LogP contribution in [0.25, 0.3) is 0 Å². The largest absolute Gasteiger partial charge is 0.417 e. The molecule has 1 fully saturated rings. The summed E-state index contributed by atoms with van der Waals surface area (Å²) in [5, 5.41) is 13.6. The van der Waals surface area contributed by atoms with Crippen molar-refractivity contribution in [1.29, 1.82) is 0 Å². The summed E-state index contributed by atoms with van der Waals surface area (Å²) in [6.45, 7) is 1.19. The van der Waals surface area contributed by atoms with Gasteiger partial charge in [-0.25, -0.2) is 0 Å². The molecule has 2 nitrogen and oxygen atoms in total. The van der Waals surface area contributed by atoms with Crippen LogP contribution in [-0.4, -0.2) is 18.2 Å². The molecule has 0 saturated carbocycles. The van der Waals surface area contributed by atoms with Gasteiger partial charge in [0, 0.05) is 4.47 Å². The Morgan fingerprint density at radius 3 is 2.39 bits per heavy atom. The maximum atomic E-state index is 12.8. The molecule has 2 rings (SSSR count). The topological polar surface area (TPSA) is 32.3 Å². The number of alkyl halides is 3. The van der Waals surface area contributed by atoms with Crippen molar-refractivity contribution in [3.05, 3.63) is 33.8 Å². The van der Waals surface area contributed by atoms with Gasteiger partial charge in [0.1, 0.15) is 0 Å². The summed E-state index contributed by atoms with van der Waals surface area (Å²) in [6.07, 6.45) is -3.60. The maximum Gasteiger partial charge on any atom is 0.417 e. The number of aliphatic hydroxyl groups is 1. The molecular formula is C12H13BrF3NO. The van der Waals surface area contributed by atoms with E-state index in [2.05, 4.69) is 21.2 Å². The third-order valence-electron chi connectivity index (χ3n) is 3.24. The first-order chi connectivity index (χ1) is 8.34. The zero-order chi connectivity index (χ0) is 13.4. The van der Waals surface area contributed by atoms with E-state index < -0.39 is 17.3 Å². The molecule has 1 aromatic carbocycles. The Bertz CT molecular complexity index is 441. The molecule has 2 N–H and O–H groups in total. The van der Waals surface area contributed by atoms with Crippen LogP contribution in [0, 0.1) is 0 Å². The van der Waals surface area contributed by atoms with Gasteiger partial charge in [0.05, 0.1) is 11.2 Å². The number of benzene rings is 1. The average molecular weight is 324 g/mol. The van der Waals surface area contributed by atoms with Crippen molar-refractivity contribution in [3.63, 3.8) is 0 Å². The van der Waals surface area contributed by atoms with Crippen LogP contribution in [0.15, 0.2) is 22.7 Å². The molecule has 1 aliphatic rings. The van der Waals surface area contributed by atoms with Crippen molar-refractivity contribution in [3.8, 4) is 0 Å². The number of nitrogens with one attached hydrogen (secondary N) is 1. The summed E-state index contributed by atoms with van der Waals surface area (Å²) < 4.78 is 38.3. The Kier molecular flexibility index (Phi) is 3.71. The van der Waals surface area contributed by atoms with Crippen molar-refractivity contribution in [2.75, 3.05) is 13.1 Å². The van der Waals surface area contributed by atoms with Crippen LogP contribution >= 0.6 is 15.9 Å². The average Bonchev–Trinajstić information content (AvgIpc) is 2.28. The fourth-order valence-corrected chi connectivity index (χ4v) is 3.08. The van der Waals surface area contributed by atoms with Crippen molar-refractivity contribution >= 4 is 15.9 Å². The third kappa shape index (κ3) is 2.55. The van der Waals surface area contributed by atoms with Crippen LogP contribution in [0.5, 0.6) is 0 Å². The highest BCUT2D eigenvalue weighted by atomic mass is 79.9. The lowest BCUT2D eigenvalue weighted by molar-refractivity contribution is -0.138. The molecule has 0 atom stereocenters. The van der Waals surface area contributed by atoms with E-state index in [0.29, 0.717) is 31.5 Å². The lowest BCUT2D eigenvalue weighted by Gasteiger charge is -2.34. The lowest BCUT2D eigenvalue weighted by atomic mass is 9.84. The van der Waals surface area contributed by atoms with Gasteiger partial charge in [0.25, 0.3) is 0 Å². The summed E-state index contributed by atoms with van der Waals surface area (Å²) in [7, 11) is 0. The fourth-order valence-electron chi connectivity index (χ4n) is 2.22. The van der Waals surface area contributed by atoms with Gasteiger partial charge < -0.3 is 10.4 Å². The van der Waals surface area contributed by atoms with Gasteiger partial charge in [-0.15, -0.1) is 0 Å². The Morgan fingerprint density at radius 2 is 1.83 bits per heavy atom. The predicted octanol–water partition coefficient (Wildman–Crippen LogP) is 3.04. The highest BCUT2D eigenvalue weighted by molar-refractivity contribution is 9.10. The van der Waals surface area contributed by atoms with Gasteiger partial charge in [0.2, 0.25) is 0 Å². The number of hydrogen-bond acceptors (Lipinski definition) is 2. The van der Waals surface area contributed by atoms with Gasteiger partial charge >= 0.3 is 6.18 Å². The monoisotopic (exact) mass is 323 g/mol. The second kappa shape index (κ2) is 4.83. The zero-order valence-electron chi connectivity index (χ0n) is 9.52. The SMILES string of the molecule is OC1(c2cccc(C(F)(F)F)c2Br)CCNCC1. The normalized spacial score (nSPS) is 19.8. The molecule has 0 spiro atoms. The first-order valence-corrected chi connectivity index (χ1v) is 6.43. The second-order valence-corrected chi connectivity index (χ2v) is 5.24. The van der Waals surface area contributed by atoms with E-state index in [4.69, 9.17) is 0 Å². The fraction of sp³-hybridized carbons (Fsp3) is 0.500. The molecule has 1 heterocycles. The molecule has 0 radical (unpaired) electrons. The van der Waals surface area contributed by atoms with Crippen LogP contribution in [0.3, 0.4) is 0 Å². The van der Waals surface area contributed by atoms with E-state index in [1.165, 1.54) is 6.07 Å². The molecule has 1 saturated heterocycles. The summed E-state index contributed by atoms with van der Waals surface area (Å²) in [5.41, 5.74) is -1.61. The predicted molar refractivity (Wildman–Crippen MR) is 65.1 cm³/mol. The molecule has 0 aromatic heterocycles. The third-order valence-corrected chi connectivity index (χ3v) is 4.09. The van der Waals surface area contributed by atoms with Crippen LogP contribution < -0.4 is 5.32 Å². The molecule has 0 bridgehead atoms. The van der Waals surface area contributed by atoms with Crippen LogP contribution in [0.1, 0.15) is 24.0 Å². The van der Waals surface area contributed by atoms with E-state index in [9.17, 15) is 18.3 Å². The minimum atomic E-state index is -4.42. The number of piperidine rings is 1. The minimum Gasteiger partial charge on any atom is -0.385 e. The Morgan fingerprint density at radius 1 is 1.22 bits per heavy atom. The Hall–Kier alpha value is -0.590. The molecular weight excluding hydrogens is 311 g/mol. The number of hydrogen-bond donors (Lipinski definition) is 2. The van der Waals surface area contributed by atoms with Crippen molar-refractivity contribution < 1.29 is 18.3 Å². The molecule has 0 amide bonds. The smallest absolute Gasteiger partial charge is 0.385 e. The molecule has 0 unspecified atom stereocenters. The molecule has 18 heavy (non-hydrogen) atoms. The summed E-state index contributed by atoms with van der Waals surface area (Å²) in [6, 6.07) is 3.89. The van der Waals surface area contributed by atoms with Gasteiger partial charge in [-0.3, -0.25) is 0 Å². The minimum absolute atomic E-state index is 0.0538. The van der Waals surface area contributed by atoms with Crippen molar-refractivity contribution in [1.82, 2.24) is 5.32 Å². The summed E-state index contributed by atoms with van der Waals surface area (Å²) in [5.74, 6) is 0. The first-order valence-electron chi connectivity index (χ1n) is 5.64. The highest BCUT2D eigenvalue weighted by Crippen LogP contribution is 2.42. The first kappa shape index (κ1) is 13.8. The van der Waals surface area contributed by atoms with E-state index in [1.54, 1.807) is 6.07 Å². The molecule has 0 aliphatic carbocycles. The highest BCUT2D eigenvalue weighted by Gasteiger charge is 2.38. The number of rotatable bonds is 1. The quantitative estimate of drug-likeness (QED) is 0.832. The molecule has 1 aliphatic heterocycles. The van der Waals surface area contributed by atoms with E-state index in [-0.39, 0.29) is 4.47 Å². The zero-order valence-corrected chi connectivity index (χ0v) is 11.1. The Balaban J connectivity index is 2.45. The second-order valence-electron chi connectivity index (χ2n) is 4.45. The molecule has 1 aromatic rings. The maximum absolute atomic E-state index is 12.8. The standard InChI is InChI=1S/C12H13BrF3NO/c13-10-8(11(18)4-6-17-7-5-11)2-1-3-9(10)12(14,15)16/h1-3,17-18H,4-7H2. The van der Waals surface area contributed by atoms with E-state index in [1.807, 2.05) is 0 Å². The lowest BCUT2D eigenvalue weighted by Crippen LogP contribution is -2.40. The summed E-state index contributed by atoms with van der Waals surface area (Å²) in [4.78, 5) is 0. The Labute approximate surface area is 111 Å². The molecule has 6 heteroatoms. The van der Waals surface area contributed by atoms with Crippen molar-refractivity contribution in [2.45, 2.75) is 24.6 Å². The van der Waals surface area contributed by atoms with Gasteiger partial charge in [-0.1, -0.05) is 12.1 Å². The number of halogens is 4. The van der Waals surface area contributed by atoms with Crippen LogP contribution in [0.4, 0.5) is 13.2 Å². The van der Waals surface area contributed by atoms with E-state index >= 15 is 0 Å². The van der Waals surface area contributed by atoms with Crippen LogP contribution in [0.2, 0.25) is 0 Å². The van der Waals surface area contributed by atoms with E-state index in [0.717, 1.165) is 6.07 Å².